The fourth-order valence-corrected chi connectivity index (χ4v) is 1.75. The van der Waals surface area contributed by atoms with E-state index in [0.717, 1.165) is 0 Å². The highest BCUT2D eigenvalue weighted by atomic mass is 16.4. The van der Waals surface area contributed by atoms with Crippen LogP contribution < -0.4 is 5.32 Å². The number of hydrogen-bond acceptors (Lipinski definition) is 4. The molecule has 0 bridgehead atoms. The van der Waals surface area contributed by atoms with Crippen LogP contribution in [0.2, 0.25) is 0 Å². The maximum Gasteiger partial charge on any atom is 0.323 e. The van der Waals surface area contributed by atoms with Crippen molar-refractivity contribution in [3.63, 3.8) is 0 Å². The largest absolute Gasteiger partial charge is 0.480 e. The molecule has 6 nitrogen and oxygen atoms in total. The van der Waals surface area contributed by atoms with Crippen molar-refractivity contribution in [3.8, 4) is 0 Å². The number of carboxylic acid groups (broad SMARTS) is 1. The Morgan fingerprint density at radius 2 is 2.38 bits per heavy atom. The fraction of sp³-hybridized carbons (Fsp3) is 0.700. The zero-order valence-electron chi connectivity index (χ0n) is 9.84. The van der Waals surface area contributed by atoms with Gasteiger partial charge >= 0.3 is 5.97 Å². The monoisotopic (exact) mass is 226 g/mol. The molecule has 0 saturated heterocycles. The molecular formula is C10H18N4O2. The van der Waals surface area contributed by atoms with Crippen LogP contribution in [0.5, 0.6) is 0 Å². The van der Waals surface area contributed by atoms with Gasteiger partial charge in [0.25, 0.3) is 0 Å². The average molecular weight is 226 g/mol. The molecule has 0 aliphatic heterocycles. The number of aromatic nitrogens is 3. The zero-order valence-corrected chi connectivity index (χ0v) is 9.84. The molecule has 0 aliphatic rings. The van der Waals surface area contributed by atoms with Crippen molar-refractivity contribution in [2.75, 3.05) is 6.54 Å². The van der Waals surface area contributed by atoms with Crippen molar-refractivity contribution in [1.29, 1.82) is 0 Å². The zero-order chi connectivity index (χ0) is 12.2. The Hall–Kier alpha value is -1.43. The van der Waals surface area contributed by atoms with Crippen LogP contribution in [0, 0.1) is 0 Å². The minimum atomic E-state index is -0.930. The van der Waals surface area contributed by atoms with E-state index in [1.807, 2.05) is 13.8 Å². The number of likely N-dealkylation sites (N-methyl/N-ethyl adjacent to an activating group) is 1. The molecule has 1 rings (SSSR count). The minimum Gasteiger partial charge on any atom is -0.480 e. The predicted molar refractivity (Wildman–Crippen MR) is 59.1 cm³/mol. The highest BCUT2D eigenvalue weighted by molar-refractivity contribution is 5.78. The number of rotatable bonds is 6. The summed E-state index contributed by atoms with van der Waals surface area (Å²) in [7, 11) is 0. The summed E-state index contributed by atoms with van der Waals surface area (Å²) in [5, 5.41) is 16.2. The summed E-state index contributed by atoms with van der Waals surface area (Å²) in [5.41, 5.74) is -0.930. The van der Waals surface area contributed by atoms with Crippen molar-refractivity contribution in [3.05, 3.63) is 12.7 Å². The van der Waals surface area contributed by atoms with E-state index in [9.17, 15) is 9.90 Å². The van der Waals surface area contributed by atoms with Gasteiger partial charge in [-0.2, -0.15) is 5.10 Å². The van der Waals surface area contributed by atoms with Gasteiger partial charge in [-0.25, -0.2) is 4.98 Å². The normalized spacial score (nSPS) is 16.7. The summed E-state index contributed by atoms with van der Waals surface area (Å²) in [6.45, 7) is 6.12. The molecule has 6 heteroatoms. The molecule has 0 fully saturated rings. The van der Waals surface area contributed by atoms with Crippen LogP contribution in [0.1, 0.15) is 33.2 Å². The van der Waals surface area contributed by atoms with Crippen molar-refractivity contribution >= 4 is 5.97 Å². The lowest BCUT2D eigenvalue weighted by Gasteiger charge is -2.28. The molecule has 1 heterocycles. The van der Waals surface area contributed by atoms with Crippen molar-refractivity contribution in [1.82, 2.24) is 20.1 Å². The molecule has 16 heavy (non-hydrogen) atoms. The molecule has 2 atom stereocenters. The molecule has 0 amide bonds. The standard InChI is InChI=1S/C10H18N4O2/c1-4-12-10(3,9(15)16)5-8(2)14-7-11-6-13-14/h6-8,12H,4-5H2,1-3H3,(H,15,16). The highest BCUT2D eigenvalue weighted by Gasteiger charge is 2.34. The first-order valence-corrected chi connectivity index (χ1v) is 5.32. The molecule has 0 saturated carbocycles. The Balaban J connectivity index is 2.72. The van der Waals surface area contributed by atoms with Crippen LogP contribution >= 0.6 is 0 Å². The van der Waals surface area contributed by atoms with E-state index in [0.29, 0.717) is 13.0 Å². The molecule has 0 radical (unpaired) electrons. The number of nitrogens with zero attached hydrogens (tertiary/aromatic N) is 3. The fourth-order valence-electron chi connectivity index (χ4n) is 1.75. The number of nitrogens with one attached hydrogen (secondary N) is 1. The van der Waals surface area contributed by atoms with Crippen molar-refractivity contribution in [2.24, 2.45) is 0 Å². The summed E-state index contributed by atoms with van der Waals surface area (Å²) in [6.07, 6.45) is 3.50. The number of carbonyl (C=O) groups is 1. The van der Waals surface area contributed by atoms with Crippen molar-refractivity contribution < 1.29 is 9.90 Å². The minimum absolute atomic E-state index is 0.0114. The number of carboxylic acids is 1. The van der Waals surface area contributed by atoms with Gasteiger partial charge in [0.1, 0.15) is 18.2 Å². The Morgan fingerprint density at radius 3 is 2.81 bits per heavy atom. The second-order valence-electron chi connectivity index (χ2n) is 4.10. The van der Waals surface area contributed by atoms with Gasteiger partial charge in [-0.15, -0.1) is 0 Å². The Bertz CT molecular complexity index is 339. The van der Waals surface area contributed by atoms with E-state index in [-0.39, 0.29) is 6.04 Å². The van der Waals surface area contributed by atoms with Crippen LogP contribution in [0.3, 0.4) is 0 Å². The molecule has 0 aliphatic carbocycles. The summed E-state index contributed by atoms with van der Waals surface area (Å²) < 4.78 is 1.67. The summed E-state index contributed by atoms with van der Waals surface area (Å²) >= 11 is 0. The van der Waals surface area contributed by atoms with E-state index in [1.54, 1.807) is 17.9 Å². The van der Waals surface area contributed by atoms with E-state index in [4.69, 9.17) is 0 Å². The van der Waals surface area contributed by atoms with Crippen LogP contribution in [-0.2, 0) is 4.79 Å². The van der Waals surface area contributed by atoms with Crippen LogP contribution in [0.25, 0.3) is 0 Å². The predicted octanol–water partition coefficient (Wildman–Crippen LogP) is 0.682. The summed E-state index contributed by atoms with van der Waals surface area (Å²) in [5.74, 6) is -0.846. The second-order valence-corrected chi connectivity index (χ2v) is 4.10. The van der Waals surface area contributed by atoms with Crippen LogP contribution in [0.4, 0.5) is 0 Å². The first-order chi connectivity index (χ1) is 7.49. The maximum absolute atomic E-state index is 11.2. The molecule has 0 spiro atoms. The molecule has 1 aromatic heterocycles. The lowest BCUT2D eigenvalue weighted by molar-refractivity contribution is -0.144. The van der Waals surface area contributed by atoms with Gasteiger partial charge in [0, 0.05) is 0 Å². The molecule has 90 valence electrons. The van der Waals surface area contributed by atoms with Crippen molar-refractivity contribution in [2.45, 2.75) is 38.8 Å². The van der Waals surface area contributed by atoms with Gasteiger partial charge in [0.2, 0.25) is 0 Å². The van der Waals surface area contributed by atoms with E-state index < -0.39 is 11.5 Å². The Labute approximate surface area is 94.7 Å². The first kappa shape index (κ1) is 12.6. The lowest BCUT2D eigenvalue weighted by Crippen LogP contribution is -2.50. The molecule has 2 unspecified atom stereocenters. The van der Waals surface area contributed by atoms with Gasteiger partial charge in [0.15, 0.2) is 0 Å². The molecule has 0 aromatic carbocycles. The quantitative estimate of drug-likeness (QED) is 0.745. The highest BCUT2D eigenvalue weighted by Crippen LogP contribution is 2.20. The summed E-state index contributed by atoms with van der Waals surface area (Å²) in [4.78, 5) is 15.1. The Morgan fingerprint density at radius 1 is 1.69 bits per heavy atom. The van der Waals surface area contributed by atoms with Gasteiger partial charge in [-0.05, 0) is 26.8 Å². The third-order valence-corrected chi connectivity index (χ3v) is 2.63. The van der Waals surface area contributed by atoms with Gasteiger partial charge < -0.3 is 10.4 Å². The maximum atomic E-state index is 11.2. The van der Waals surface area contributed by atoms with E-state index >= 15 is 0 Å². The molecular weight excluding hydrogens is 208 g/mol. The van der Waals surface area contributed by atoms with Gasteiger partial charge in [-0.3, -0.25) is 9.48 Å². The SMILES string of the molecule is CCNC(C)(CC(C)n1cncn1)C(=O)O. The van der Waals surface area contributed by atoms with Crippen LogP contribution in [0.15, 0.2) is 12.7 Å². The van der Waals surface area contributed by atoms with E-state index in [2.05, 4.69) is 15.4 Å². The van der Waals surface area contributed by atoms with Crippen LogP contribution in [-0.4, -0.2) is 37.9 Å². The average Bonchev–Trinajstić information content (AvgIpc) is 2.70. The Kier molecular flexibility index (Phi) is 4.00. The molecule has 1 aromatic rings. The third kappa shape index (κ3) is 2.79. The number of aliphatic carboxylic acids is 1. The lowest BCUT2D eigenvalue weighted by atomic mass is 9.93. The van der Waals surface area contributed by atoms with Gasteiger partial charge in [-0.1, -0.05) is 6.92 Å². The number of hydrogen-bond donors (Lipinski definition) is 2. The molecule has 2 N–H and O–H groups in total. The second kappa shape index (κ2) is 5.07. The smallest absolute Gasteiger partial charge is 0.323 e. The summed E-state index contributed by atoms with van der Waals surface area (Å²) in [6, 6.07) is -0.0114. The topological polar surface area (TPSA) is 80.0 Å². The third-order valence-electron chi connectivity index (χ3n) is 2.63. The van der Waals surface area contributed by atoms with E-state index in [1.165, 1.54) is 6.33 Å². The van der Waals surface area contributed by atoms with Gasteiger partial charge in [0.05, 0.1) is 6.04 Å². The first-order valence-electron chi connectivity index (χ1n) is 5.32.